The quantitative estimate of drug-likeness (QED) is 0.744. The molecule has 0 atom stereocenters. The fourth-order valence-electron chi connectivity index (χ4n) is 2.24. The van der Waals surface area contributed by atoms with Gasteiger partial charge in [0, 0.05) is 33.1 Å². The number of likely N-dealkylation sites (tertiary alicyclic amines) is 1. The number of hydrogen-bond acceptors (Lipinski definition) is 4. The summed E-state index contributed by atoms with van der Waals surface area (Å²) in [5.74, 6) is -0.485. The molecule has 0 bridgehead atoms. The maximum absolute atomic E-state index is 12.3. The third-order valence-corrected chi connectivity index (χ3v) is 4.18. The monoisotopic (exact) mass is 393 g/mol. The molecule has 0 radical (unpaired) electrons. The van der Waals surface area contributed by atoms with Crippen LogP contribution in [0.15, 0.2) is 18.2 Å². The van der Waals surface area contributed by atoms with E-state index in [1.807, 2.05) is 0 Å². The van der Waals surface area contributed by atoms with Gasteiger partial charge in [0.2, 0.25) is 0 Å². The zero-order valence-corrected chi connectivity index (χ0v) is 14.9. The molecule has 10 heteroatoms. The summed E-state index contributed by atoms with van der Waals surface area (Å²) >= 11 is 6.07. The Hall–Kier alpha value is -2.16. The second kappa shape index (κ2) is 8.48. The second-order valence-corrected chi connectivity index (χ2v) is 6.36. The van der Waals surface area contributed by atoms with Gasteiger partial charge in [-0.05, 0) is 31.0 Å². The topological polar surface area (TPSA) is 61.9 Å². The van der Waals surface area contributed by atoms with E-state index >= 15 is 0 Å². The second-order valence-electron chi connectivity index (χ2n) is 5.95. The number of amides is 2. The van der Waals surface area contributed by atoms with Gasteiger partial charge in [-0.2, -0.15) is 13.2 Å². The molecule has 1 aliphatic heterocycles. The smallest absolute Gasteiger partial charge is 0.342 e. The Morgan fingerprint density at radius 3 is 2.58 bits per heavy atom. The van der Waals surface area contributed by atoms with Crippen LogP contribution in [-0.2, 0) is 4.84 Å². The van der Waals surface area contributed by atoms with Gasteiger partial charge < -0.3 is 14.6 Å². The predicted octanol–water partition coefficient (Wildman–Crippen LogP) is 3.92. The Labute approximate surface area is 153 Å². The fourth-order valence-corrected chi connectivity index (χ4v) is 2.50. The first-order valence-electron chi connectivity index (χ1n) is 8.01. The summed E-state index contributed by atoms with van der Waals surface area (Å²) in [6, 6.07) is 4.32. The molecule has 1 heterocycles. The van der Waals surface area contributed by atoms with Crippen molar-refractivity contribution in [3.8, 4) is 0 Å². The molecule has 6 nitrogen and oxygen atoms in total. The van der Waals surface area contributed by atoms with Crippen LogP contribution in [0.1, 0.15) is 29.6 Å². The van der Waals surface area contributed by atoms with Crippen LogP contribution in [0.4, 0.5) is 23.7 Å². The Morgan fingerprint density at radius 1 is 1.35 bits per heavy atom. The van der Waals surface area contributed by atoms with Gasteiger partial charge in [0.05, 0.1) is 16.3 Å². The van der Waals surface area contributed by atoms with Crippen molar-refractivity contribution in [2.75, 3.05) is 32.2 Å². The molecule has 1 aromatic carbocycles. The number of benzene rings is 1. The van der Waals surface area contributed by atoms with Crippen molar-refractivity contribution in [1.29, 1.82) is 0 Å². The van der Waals surface area contributed by atoms with Crippen LogP contribution in [-0.4, -0.2) is 54.7 Å². The molecule has 0 aromatic heterocycles. The SMILES string of the molecule is CN(CCCC(F)(F)F)C(=O)c1ccc(NOC(=O)N2CCC2)cc1Cl. The molecule has 1 aliphatic rings. The minimum atomic E-state index is -4.25. The molecular formula is C16H19ClF3N3O3. The normalized spacial score (nSPS) is 13.8. The van der Waals surface area contributed by atoms with Crippen molar-refractivity contribution in [3.05, 3.63) is 28.8 Å². The molecule has 0 saturated carbocycles. The molecule has 0 aliphatic carbocycles. The molecule has 144 valence electrons. The summed E-state index contributed by atoms with van der Waals surface area (Å²) in [4.78, 5) is 31.5. The standard InChI is InChI=1S/C16H19ClF3N3O3/c1-22(7-2-6-16(18,19)20)14(24)12-5-4-11(10-13(12)17)21-26-15(25)23-8-3-9-23/h4-5,10,21H,2-3,6-9H2,1H3. The van der Waals surface area contributed by atoms with Crippen LogP contribution in [0.25, 0.3) is 0 Å². The van der Waals surface area contributed by atoms with Gasteiger partial charge in [0.25, 0.3) is 5.91 Å². The zero-order valence-electron chi connectivity index (χ0n) is 14.1. The van der Waals surface area contributed by atoms with Crippen molar-refractivity contribution in [2.24, 2.45) is 0 Å². The highest BCUT2D eigenvalue weighted by Crippen LogP contribution is 2.24. The van der Waals surface area contributed by atoms with E-state index in [2.05, 4.69) is 5.48 Å². The van der Waals surface area contributed by atoms with Gasteiger partial charge in [0.15, 0.2) is 0 Å². The summed E-state index contributed by atoms with van der Waals surface area (Å²) in [5.41, 5.74) is 2.98. The van der Waals surface area contributed by atoms with Crippen molar-refractivity contribution in [3.63, 3.8) is 0 Å². The van der Waals surface area contributed by atoms with Gasteiger partial charge in [-0.3, -0.25) is 4.79 Å². The van der Waals surface area contributed by atoms with Gasteiger partial charge in [-0.15, -0.1) is 0 Å². The molecule has 1 fully saturated rings. The number of rotatable bonds is 6. The number of nitrogens with one attached hydrogen (secondary N) is 1. The number of nitrogens with zero attached hydrogens (tertiary/aromatic N) is 2. The third-order valence-electron chi connectivity index (χ3n) is 3.87. The average molecular weight is 394 g/mol. The first kappa shape index (κ1) is 20.2. The summed E-state index contributed by atoms with van der Waals surface area (Å²) in [6.45, 7) is 1.26. The molecule has 26 heavy (non-hydrogen) atoms. The van der Waals surface area contributed by atoms with Gasteiger partial charge in [0.1, 0.15) is 0 Å². The molecular weight excluding hydrogens is 375 g/mol. The summed E-state index contributed by atoms with van der Waals surface area (Å²) in [7, 11) is 1.41. The Kier molecular flexibility index (Phi) is 6.57. The van der Waals surface area contributed by atoms with E-state index in [-0.39, 0.29) is 23.6 Å². The highest BCUT2D eigenvalue weighted by atomic mass is 35.5. The van der Waals surface area contributed by atoms with E-state index in [4.69, 9.17) is 16.4 Å². The highest BCUT2D eigenvalue weighted by Gasteiger charge is 2.27. The molecule has 0 unspecified atom stereocenters. The van der Waals surface area contributed by atoms with E-state index in [1.54, 1.807) is 0 Å². The maximum atomic E-state index is 12.3. The maximum Gasteiger partial charge on any atom is 0.434 e. The summed E-state index contributed by atoms with van der Waals surface area (Å²) in [6.07, 6.45) is -4.95. The number of carbonyl (C=O) groups is 2. The van der Waals surface area contributed by atoms with Gasteiger partial charge >= 0.3 is 12.3 Å². The first-order chi connectivity index (χ1) is 12.2. The van der Waals surface area contributed by atoms with Gasteiger partial charge in [-0.25, -0.2) is 10.3 Å². The summed E-state index contributed by atoms with van der Waals surface area (Å²) < 4.78 is 36.5. The number of alkyl halides is 3. The predicted molar refractivity (Wildman–Crippen MR) is 90.0 cm³/mol. The van der Waals surface area contributed by atoms with Crippen LogP contribution in [0.2, 0.25) is 5.02 Å². The van der Waals surface area contributed by atoms with E-state index in [0.29, 0.717) is 18.8 Å². The fraction of sp³-hybridized carbons (Fsp3) is 0.500. The minimum absolute atomic E-state index is 0.0396. The third kappa shape index (κ3) is 5.69. The Balaban J connectivity index is 1.88. The molecule has 0 spiro atoms. The number of carbonyl (C=O) groups excluding carboxylic acids is 2. The van der Waals surface area contributed by atoms with Crippen LogP contribution >= 0.6 is 11.6 Å². The van der Waals surface area contributed by atoms with Crippen LogP contribution < -0.4 is 5.48 Å². The Bertz CT molecular complexity index is 666. The number of anilines is 1. The number of halogens is 4. The van der Waals surface area contributed by atoms with Crippen molar-refractivity contribution in [2.45, 2.75) is 25.4 Å². The molecule has 2 rings (SSSR count). The average Bonchev–Trinajstić information content (AvgIpc) is 2.49. The lowest BCUT2D eigenvalue weighted by Crippen LogP contribution is -2.43. The van der Waals surface area contributed by atoms with Crippen molar-refractivity contribution >= 4 is 29.3 Å². The van der Waals surface area contributed by atoms with E-state index in [1.165, 1.54) is 35.0 Å². The Morgan fingerprint density at radius 2 is 2.04 bits per heavy atom. The number of hydrogen-bond donors (Lipinski definition) is 1. The minimum Gasteiger partial charge on any atom is -0.342 e. The molecule has 2 amide bonds. The highest BCUT2D eigenvalue weighted by molar-refractivity contribution is 6.34. The van der Waals surface area contributed by atoms with Crippen molar-refractivity contribution < 1.29 is 27.6 Å². The van der Waals surface area contributed by atoms with Crippen LogP contribution in [0.5, 0.6) is 0 Å². The molecule has 1 aromatic rings. The van der Waals surface area contributed by atoms with E-state index < -0.39 is 24.6 Å². The summed E-state index contributed by atoms with van der Waals surface area (Å²) in [5, 5.41) is 0.0997. The zero-order chi connectivity index (χ0) is 19.3. The first-order valence-corrected chi connectivity index (χ1v) is 8.39. The largest absolute Gasteiger partial charge is 0.434 e. The van der Waals surface area contributed by atoms with E-state index in [9.17, 15) is 22.8 Å². The van der Waals surface area contributed by atoms with Crippen molar-refractivity contribution in [1.82, 2.24) is 9.80 Å². The van der Waals surface area contributed by atoms with E-state index in [0.717, 1.165) is 6.42 Å². The lowest BCUT2D eigenvalue weighted by atomic mass is 10.1. The van der Waals surface area contributed by atoms with Gasteiger partial charge in [-0.1, -0.05) is 11.6 Å². The van der Waals surface area contributed by atoms with Crippen LogP contribution in [0.3, 0.4) is 0 Å². The lowest BCUT2D eigenvalue weighted by Gasteiger charge is -2.29. The molecule has 1 N–H and O–H groups in total. The van der Waals surface area contributed by atoms with Crippen LogP contribution in [0, 0.1) is 0 Å². The lowest BCUT2D eigenvalue weighted by molar-refractivity contribution is -0.135. The molecule has 1 saturated heterocycles.